The first kappa shape index (κ1) is 27.3. The minimum Gasteiger partial charge on any atom is -0.393 e. The summed E-state index contributed by atoms with van der Waals surface area (Å²) < 4.78 is 0. The predicted octanol–water partition coefficient (Wildman–Crippen LogP) is 3.25. The number of aliphatic hydroxyl groups excluding tert-OH is 5. The highest BCUT2D eigenvalue weighted by Crippen LogP contribution is 2.89. The fraction of sp³-hybridized carbons (Fsp3) is 1.00. The van der Waals surface area contributed by atoms with E-state index in [1.54, 1.807) is 0 Å². The molecule has 0 saturated heterocycles. The maximum absolute atomic E-state index is 11.6. The van der Waals surface area contributed by atoms with Gasteiger partial charge in [-0.1, -0.05) is 34.6 Å². The molecule has 5 rings (SSSR count). The summed E-state index contributed by atoms with van der Waals surface area (Å²) in [4.78, 5) is 0. The smallest absolute Gasteiger partial charge is 0.108 e. The molecule has 0 amide bonds. The Bertz CT molecular complexity index is 883. The van der Waals surface area contributed by atoms with Crippen LogP contribution in [0.15, 0.2) is 0 Å². The number of hydrogen-bond acceptors (Lipinski definition) is 6. The molecule has 13 unspecified atom stereocenters. The Morgan fingerprint density at radius 2 is 1.53 bits per heavy atom. The molecule has 5 saturated carbocycles. The van der Waals surface area contributed by atoms with E-state index >= 15 is 0 Å². The van der Waals surface area contributed by atoms with Crippen LogP contribution in [0.5, 0.6) is 0 Å². The monoisotopic (exact) mass is 508 g/mol. The Morgan fingerprint density at radius 3 is 2.14 bits per heavy atom. The van der Waals surface area contributed by atoms with Gasteiger partial charge < -0.3 is 30.6 Å². The summed E-state index contributed by atoms with van der Waals surface area (Å²) in [6.07, 6.45) is 3.23. The van der Waals surface area contributed by atoms with Crippen LogP contribution < -0.4 is 0 Å². The van der Waals surface area contributed by atoms with Gasteiger partial charge in [-0.15, -0.1) is 0 Å². The van der Waals surface area contributed by atoms with Crippen LogP contribution in [0.4, 0.5) is 0 Å². The van der Waals surface area contributed by atoms with E-state index in [-0.39, 0.29) is 50.9 Å². The standard InChI is InChI=1S/C30H52O6/c1-16(12-18(32)24(35)26(4,5)36)22-19(33)14-28(7)20-13-17(31)23-25(2,3)21(34)8-9-30(23)15-29(20,30)11-10-27(22,28)6/h16-24,31-36H,8-15H2,1-7H3. The van der Waals surface area contributed by atoms with Gasteiger partial charge in [-0.3, -0.25) is 0 Å². The molecule has 0 heterocycles. The second-order valence-electron chi connectivity index (χ2n) is 15.7. The Balaban J connectivity index is 1.44. The number of rotatable bonds is 5. The van der Waals surface area contributed by atoms with E-state index < -0.39 is 30.0 Å². The van der Waals surface area contributed by atoms with Crippen molar-refractivity contribution in [3.8, 4) is 0 Å². The molecule has 0 aromatic rings. The van der Waals surface area contributed by atoms with Gasteiger partial charge >= 0.3 is 0 Å². The zero-order valence-electron chi connectivity index (χ0n) is 23.5. The van der Waals surface area contributed by atoms with E-state index in [0.717, 1.165) is 38.5 Å². The molecule has 5 aliphatic carbocycles. The van der Waals surface area contributed by atoms with Gasteiger partial charge in [0.05, 0.1) is 30.0 Å². The Labute approximate surface area is 217 Å². The van der Waals surface area contributed by atoms with Crippen LogP contribution in [0.25, 0.3) is 0 Å². The maximum atomic E-state index is 11.6. The van der Waals surface area contributed by atoms with Crippen molar-refractivity contribution in [3.63, 3.8) is 0 Å². The van der Waals surface area contributed by atoms with E-state index in [9.17, 15) is 30.6 Å². The van der Waals surface area contributed by atoms with Crippen molar-refractivity contribution >= 4 is 0 Å². The molecule has 6 N–H and O–H groups in total. The molecule has 0 bridgehead atoms. The average Bonchev–Trinajstić information content (AvgIpc) is 3.33. The highest BCUT2D eigenvalue weighted by molar-refractivity contribution is 5.32. The molecule has 6 heteroatoms. The fourth-order valence-corrected chi connectivity index (χ4v) is 11.6. The first-order valence-electron chi connectivity index (χ1n) is 14.5. The molecule has 208 valence electrons. The van der Waals surface area contributed by atoms with Gasteiger partial charge in [0.25, 0.3) is 0 Å². The van der Waals surface area contributed by atoms with Gasteiger partial charge in [-0.05, 0) is 116 Å². The molecule has 5 aliphatic rings. The third-order valence-electron chi connectivity index (χ3n) is 13.4. The minimum atomic E-state index is -1.39. The molecular weight excluding hydrogens is 456 g/mol. The lowest BCUT2D eigenvalue weighted by atomic mass is 9.41. The van der Waals surface area contributed by atoms with Crippen molar-refractivity contribution in [3.05, 3.63) is 0 Å². The van der Waals surface area contributed by atoms with Crippen molar-refractivity contribution in [1.82, 2.24) is 0 Å². The summed E-state index contributed by atoms with van der Waals surface area (Å²) in [6.45, 7) is 14.1. The van der Waals surface area contributed by atoms with Crippen LogP contribution in [0.3, 0.4) is 0 Å². The first-order chi connectivity index (χ1) is 16.4. The number of hydrogen-bond donors (Lipinski definition) is 6. The molecular formula is C30H52O6. The van der Waals surface area contributed by atoms with Gasteiger partial charge in [-0.25, -0.2) is 0 Å². The predicted molar refractivity (Wildman–Crippen MR) is 138 cm³/mol. The second-order valence-corrected chi connectivity index (χ2v) is 15.7. The van der Waals surface area contributed by atoms with E-state index in [0.29, 0.717) is 18.8 Å². The lowest BCUT2D eigenvalue weighted by Gasteiger charge is -2.64. The zero-order valence-corrected chi connectivity index (χ0v) is 23.5. The zero-order chi connectivity index (χ0) is 26.9. The van der Waals surface area contributed by atoms with E-state index in [1.165, 1.54) is 13.8 Å². The van der Waals surface area contributed by atoms with Crippen LogP contribution >= 0.6 is 0 Å². The third-order valence-corrected chi connectivity index (χ3v) is 13.4. The van der Waals surface area contributed by atoms with Crippen molar-refractivity contribution < 1.29 is 30.6 Å². The first-order valence-corrected chi connectivity index (χ1v) is 14.5. The summed E-state index contributed by atoms with van der Waals surface area (Å²) in [5.41, 5.74) is -1.65. The third kappa shape index (κ3) is 3.24. The van der Waals surface area contributed by atoms with Crippen LogP contribution in [0.1, 0.15) is 99.8 Å². The molecule has 0 aliphatic heterocycles. The van der Waals surface area contributed by atoms with Gasteiger partial charge in [0.15, 0.2) is 0 Å². The largest absolute Gasteiger partial charge is 0.393 e. The van der Waals surface area contributed by atoms with Gasteiger partial charge in [-0.2, -0.15) is 0 Å². The Hall–Kier alpha value is -0.240. The molecule has 13 atom stereocenters. The lowest BCUT2D eigenvalue weighted by Crippen LogP contribution is -2.61. The van der Waals surface area contributed by atoms with Gasteiger partial charge in [0.2, 0.25) is 0 Å². The summed E-state index contributed by atoms with van der Waals surface area (Å²) in [5.74, 6) is 0.418. The summed E-state index contributed by atoms with van der Waals surface area (Å²) in [6, 6.07) is 0. The molecule has 0 aromatic heterocycles. The van der Waals surface area contributed by atoms with Crippen molar-refractivity contribution in [2.75, 3.05) is 0 Å². The second kappa shape index (κ2) is 7.91. The highest BCUT2D eigenvalue weighted by atomic mass is 16.4. The molecule has 0 aromatic carbocycles. The summed E-state index contributed by atoms with van der Waals surface area (Å²) >= 11 is 0. The Kier molecular flexibility index (Phi) is 6.01. The summed E-state index contributed by atoms with van der Waals surface area (Å²) in [5, 5.41) is 65.4. The average molecular weight is 509 g/mol. The van der Waals surface area contributed by atoms with Crippen molar-refractivity contribution in [2.45, 2.75) is 136 Å². The minimum absolute atomic E-state index is 0.0160. The highest BCUT2D eigenvalue weighted by Gasteiger charge is 2.84. The number of aliphatic hydroxyl groups is 6. The molecule has 6 nitrogen and oxygen atoms in total. The molecule has 0 radical (unpaired) electrons. The Morgan fingerprint density at radius 1 is 0.889 bits per heavy atom. The maximum Gasteiger partial charge on any atom is 0.108 e. The molecule has 5 fully saturated rings. The fourth-order valence-electron chi connectivity index (χ4n) is 11.6. The number of fused-ring (bicyclic) bond motifs is 2. The van der Waals surface area contributed by atoms with E-state index in [2.05, 4.69) is 34.6 Å². The topological polar surface area (TPSA) is 121 Å². The lowest BCUT2D eigenvalue weighted by molar-refractivity contribution is -0.199. The molecule has 36 heavy (non-hydrogen) atoms. The van der Waals surface area contributed by atoms with Gasteiger partial charge in [0.1, 0.15) is 6.10 Å². The quantitative estimate of drug-likeness (QED) is 0.339. The van der Waals surface area contributed by atoms with Gasteiger partial charge in [0, 0.05) is 0 Å². The van der Waals surface area contributed by atoms with E-state index in [1.807, 2.05) is 0 Å². The van der Waals surface area contributed by atoms with Crippen molar-refractivity contribution in [2.24, 2.45) is 50.7 Å². The summed E-state index contributed by atoms with van der Waals surface area (Å²) in [7, 11) is 0. The molecule has 2 spiro atoms. The van der Waals surface area contributed by atoms with Crippen molar-refractivity contribution in [1.29, 1.82) is 0 Å². The van der Waals surface area contributed by atoms with E-state index in [4.69, 9.17) is 0 Å². The normalized spacial score (nSPS) is 53.9. The van der Waals surface area contributed by atoms with Crippen LogP contribution in [0.2, 0.25) is 0 Å². The van der Waals surface area contributed by atoms with Crippen LogP contribution in [-0.4, -0.2) is 66.8 Å². The SMILES string of the molecule is CC(CC(O)C(O)C(C)(C)O)C1C(O)CC2(C)C3CC(O)C4C(C)(C)C(O)CCC45CC35CCC12C. The van der Waals surface area contributed by atoms with Crippen LogP contribution in [-0.2, 0) is 0 Å². The van der Waals surface area contributed by atoms with Crippen LogP contribution in [0, 0.1) is 50.7 Å².